The molecule has 7 heteroatoms. The minimum atomic E-state index is -1.24. The van der Waals surface area contributed by atoms with E-state index in [1.54, 1.807) is 4.90 Å². The zero-order chi connectivity index (χ0) is 18.0. The van der Waals surface area contributed by atoms with Gasteiger partial charge in [0.25, 0.3) is 5.91 Å². The molecule has 2 aromatic rings. The summed E-state index contributed by atoms with van der Waals surface area (Å²) in [6.07, 6.45) is 1.32. The highest BCUT2D eigenvalue weighted by Gasteiger charge is 2.35. The van der Waals surface area contributed by atoms with Crippen molar-refractivity contribution in [1.29, 1.82) is 0 Å². The summed E-state index contributed by atoms with van der Waals surface area (Å²) in [5, 5.41) is 8.89. The minimum Gasteiger partial charge on any atom is -0.475 e. The zero-order valence-corrected chi connectivity index (χ0v) is 13.7. The van der Waals surface area contributed by atoms with Gasteiger partial charge in [-0.2, -0.15) is 0 Å². The number of aromatic carboxylic acids is 1. The molecule has 130 valence electrons. The fourth-order valence-corrected chi connectivity index (χ4v) is 2.96. The van der Waals surface area contributed by atoms with E-state index in [0.29, 0.717) is 13.0 Å². The fraction of sp³-hybridized carbons (Fsp3) is 0.278. The van der Waals surface area contributed by atoms with Gasteiger partial charge in [0.05, 0.1) is 0 Å². The number of amides is 2. The second-order valence-electron chi connectivity index (χ2n) is 5.87. The van der Waals surface area contributed by atoms with Crippen molar-refractivity contribution in [2.24, 2.45) is 0 Å². The summed E-state index contributed by atoms with van der Waals surface area (Å²) in [6, 6.07) is 11.2. The Labute approximate surface area is 144 Å². The largest absolute Gasteiger partial charge is 0.475 e. The number of benzene rings is 1. The molecule has 0 aliphatic carbocycles. The molecule has 0 spiro atoms. The number of carboxylic acid groups (broad SMARTS) is 1. The van der Waals surface area contributed by atoms with Crippen molar-refractivity contribution in [1.82, 2.24) is 4.90 Å². The Morgan fingerprint density at radius 2 is 1.84 bits per heavy atom. The number of hydrogen-bond donors (Lipinski definition) is 1. The van der Waals surface area contributed by atoms with Crippen molar-refractivity contribution in [3.05, 3.63) is 54.0 Å². The second kappa shape index (κ2) is 6.80. The van der Waals surface area contributed by atoms with E-state index < -0.39 is 17.9 Å². The summed E-state index contributed by atoms with van der Waals surface area (Å²) >= 11 is 0. The summed E-state index contributed by atoms with van der Waals surface area (Å²) in [5.41, 5.74) is 0.796. The van der Waals surface area contributed by atoms with Crippen molar-refractivity contribution >= 4 is 23.5 Å². The lowest BCUT2D eigenvalue weighted by Crippen LogP contribution is -2.53. The van der Waals surface area contributed by atoms with Crippen LogP contribution in [0.1, 0.15) is 34.0 Å². The van der Waals surface area contributed by atoms with Crippen LogP contribution in [0, 0.1) is 0 Å². The monoisotopic (exact) mass is 342 g/mol. The number of hydrogen-bond acceptors (Lipinski definition) is 4. The zero-order valence-electron chi connectivity index (χ0n) is 13.7. The summed E-state index contributed by atoms with van der Waals surface area (Å²) < 4.78 is 5.05. The van der Waals surface area contributed by atoms with Crippen LogP contribution in [0.25, 0.3) is 0 Å². The smallest absolute Gasteiger partial charge is 0.371 e. The van der Waals surface area contributed by atoms with Crippen LogP contribution in [-0.2, 0) is 4.79 Å². The first kappa shape index (κ1) is 16.8. The van der Waals surface area contributed by atoms with Crippen LogP contribution in [-0.4, -0.2) is 47.4 Å². The van der Waals surface area contributed by atoms with E-state index in [1.165, 1.54) is 24.1 Å². The molecule has 1 atom stereocenters. The Balaban J connectivity index is 1.78. The molecule has 3 rings (SSSR count). The molecule has 0 saturated carbocycles. The first-order valence-electron chi connectivity index (χ1n) is 7.95. The number of carbonyl (C=O) groups excluding carboxylic acids is 2. The van der Waals surface area contributed by atoms with Gasteiger partial charge in [0, 0.05) is 19.3 Å². The third-order valence-corrected chi connectivity index (χ3v) is 4.29. The van der Waals surface area contributed by atoms with Crippen LogP contribution in [0.3, 0.4) is 0 Å². The maximum absolute atomic E-state index is 12.8. The van der Waals surface area contributed by atoms with Crippen molar-refractivity contribution in [2.75, 3.05) is 18.5 Å². The number of piperidine rings is 1. The van der Waals surface area contributed by atoms with Gasteiger partial charge in [-0.25, -0.2) is 4.79 Å². The Hall–Kier alpha value is -3.09. The topological polar surface area (TPSA) is 91.1 Å². The minimum absolute atomic E-state index is 0.0930. The molecule has 0 bridgehead atoms. The van der Waals surface area contributed by atoms with Gasteiger partial charge in [-0.15, -0.1) is 0 Å². The molecular formula is C18H18N2O5. The fourth-order valence-electron chi connectivity index (χ4n) is 2.96. The van der Waals surface area contributed by atoms with Crippen molar-refractivity contribution in [3.8, 4) is 0 Å². The van der Waals surface area contributed by atoms with Gasteiger partial charge >= 0.3 is 5.97 Å². The Morgan fingerprint density at radius 3 is 2.48 bits per heavy atom. The van der Waals surface area contributed by atoms with Gasteiger partial charge < -0.3 is 19.3 Å². The number of para-hydroxylation sites is 1. The SMILES string of the molecule is CN(C(=O)c1ccc(C(=O)O)o1)C1CCCN(c2ccccc2)C1=O. The van der Waals surface area contributed by atoms with Gasteiger partial charge in [0.2, 0.25) is 11.7 Å². The quantitative estimate of drug-likeness (QED) is 0.920. The van der Waals surface area contributed by atoms with Gasteiger partial charge in [-0.05, 0) is 37.1 Å². The average Bonchev–Trinajstić information content (AvgIpc) is 3.12. The first-order chi connectivity index (χ1) is 12.0. The molecule has 25 heavy (non-hydrogen) atoms. The van der Waals surface area contributed by atoms with Crippen LogP contribution in [0.4, 0.5) is 5.69 Å². The van der Waals surface area contributed by atoms with Crippen LogP contribution >= 0.6 is 0 Å². The Morgan fingerprint density at radius 1 is 1.16 bits per heavy atom. The molecule has 7 nitrogen and oxygen atoms in total. The lowest BCUT2D eigenvalue weighted by molar-refractivity contribution is -0.124. The standard InChI is InChI=1S/C18H18N2O5/c1-19(17(22)14-9-10-15(25-14)18(23)24)13-8-5-11-20(16(13)21)12-6-3-2-4-7-12/h2-4,6-7,9-10,13H,5,8,11H2,1H3,(H,23,24). The molecule has 1 aromatic carbocycles. The highest BCUT2D eigenvalue weighted by Crippen LogP contribution is 2.24. The highest BCUT2D eigenvalue weighted by atomic mass is 16.4. The predicted octanol–water partition coefficient (Wildman–Crippen LogP) is 2.25. The molecule has 1 aromatic heterocycles. The van der Waals surface area contributed by atoms with E-state index in [4.69, 9.17) is 9.52 Å². The normalized spacial score (nSPS) is 17.4. The second-order valence-corrected chi connectivity index (χ2v) is 5.87. The molecule has 1 unspecified atom stereocenters. The molecule has 1 N–H and O–H groups in total. The van der Waals surface area contributed by atoms with E-state index in [0.717, 1.165) is 12.1 Å². The van der Waals surface area contributed by atoms with E-state index in [1.807, 2.05) is 30.3 Å². The molecule has 2 amide bonds. The third-order valence-electron chi connectivity index (χ3n) is 4.29. The number of rotatable bonds is 4. The summed E-state index contributed by atoms with van der Waals surface area (Å²) in [4.78, 5) is 39.2. The summed E-state index contributed by atoms with van der Waals surface area (Å²) in [6.45, 7) is 0.602. The molecule has 0 radical (unpaired) electrons. The first-order valence-corrected chi connectivity index (χ1v) is 7.95. The van der Waals surface area contributed by atoms with Gasteiger partial charge in [-0.3, -0.25) is 9.59 Å². The molecule has 1 aliphatic heterocycles. The Kier molecular flexibility index (Phi) is 4.56. The maximum Gasteiger partial charge on any atom is 0.371 e. The number of furan rings is 1. The molecule has 1 aliphatic rings. The molecule has 1 saturated heterocycles. The number of anilines is 1. The van der Waals surface area contributed by atoms with Gasteiger partial charge in [-0.1, -0.05) is 18.2 Å². The Bertz CT molecular complexity index is 799. The highest BCUT2D eigenvalue weighted by molar-refractivity contribution is 6.02. The van der Waals surface area contributed by atoms with Crippen LogP contribution in [0.2, 0.25) is 0 Å². The van der Waals surface area contributed by atoms with E-state index >= 15 is 0 Å². The number of carbonyl (C=O) groups is 3. The summed E-state index contributed by atoms with van der Waals surface area (Å²) in [5.74, 6) is -2.31. The number of likely N-dealkylation sites (N-methyl/N-ethyl adjacent to an activating group) is 1. The summed E-state index contributed by atoms with van der Waals surface area (Å²) in [7, 11) is 1.53. The van der Waals surface area contributed by atoms with Gasteiger partial charge in [0.1, 0.15) is 6.04 Å². The van der Waals surface area contributed by atoms with Gasteiger partial charge in [0.15, 0.2) is 5.76 Å². The maximum atomic E-state index is 12.8. The van der Waals surface area contributed by atoms with Crippen LogP contribution in [0.5, 0.6) is 0 Å². The lowest BCUT2D eigenvalue weighted by Gasteiger charge is -2.36. The lowest BCUT2D eigenvalue weighted by atomic mass is 10.0. The van der Waals surface area contributed by atoms with Crippen molar-refractivity contribution < 1.29 is 23.9 Å². The van der Waals surface area contributed by atoms with E-state index in [-0.39, 0.29) is 17.4 Å². The van der Waals surface area contributed by atoms with Crippen molar-refractivity contribution in [2.45, 2.75) is 18.9 Å². The van der Waals surface area contributed by atoms with Crippen LogP contribution < -0.4 is 4.90 Å². The van der Waals surface area contributed by atoms with Crippen LogP contribution in [0.15, 0.2) is 46.9 Å². The molecule has 2 heterocycles. The van der Waals surface area contributed by atoms with E-state index in [9.17, 15) is 14.4 Å². The van der Waals surface area contributed by atoms with E-state index in [2.05, 4.69) is 0 Å². The predicted molar refractivity (Wildman–Crippen MR) is 89.6 cm³/mol. The molecule has 1 fully saturated rings. The number of nitrogens with zero attached hydrogens (tertiary/aromatic N) is 2. The average molecular weight is 342 g/mol. The molecular weight excluding hydrogens is 324 g/mol. The number of carboxylic acids is 1. The van der Waals surface area contributed by atoms with Crippen molar-refractivity contribution in [3.63, 3.8) is 0 Å². The third kappa shape index (κ3) is 3.26.